The second-order valence-electron chi connectivity index (χ2n) is 6.90. The molecule has 0 amide bonds. The van der Waals surface area contributed by atoms with Gasteiger partial charge in [-0.15, -0.1) is 0 Å². The Labute approximate surface area is 171 Å². The zero-order valence-corrected chi connectivity index (χ0v) is 17.2. The number of nitrogens with zero attached hydrogens (tertiary/aromatic N) is 1. The average molecular weight is 412 g/mol. The third-order valence-corrected chi connectivity index (χ3v) is 8.88. The summed E-state index contributed by atoms with van der Waals surface area (Å²) in [5.74, 6) is -0.265. The van der Waals surface area contributed by atoms with E-state index in [-0.39, 0.29) is 5.78 Å². The van der Waals surface area contributed by atoms with Crippen molar-refractivity contribution in [2.24, 2.45) is 0 Å². The van der Waals surface area contributed by atoms with Crippen molar-refractivity contribution in [3.63, 3.8) is 0 Å². The number of halogens is 1. The minimum absolute atomic E-state index is 0.265. The highest BCUT2D eigenvalue weighted by atomic mass is 35.5. The van der Waals surface area contributed by atoms with E-state index in [1.807, 2.05) is 84.9 Å². The molecule has 144 valence electrons. The molecule has 0 bridgehead atoms. The summed E-state index contributed by atoms with van der Waals surface area (Å²) in [4.78, 5) is 2.30. The molecule has 1 aliphatic heterocycles. The van der Waals surface area contributed by atoms with Gasteiger partial charge in [0.05, 0.1) is 19.0 Å². The van der Waals surface area contributed by atoms with Crippen LogP contribution in [0, 0.1) is 0 Å². The lowest BCUT2D eigenvalue weighted by Crippen LogP contribution is -2.41. The molecule has 0 spiro atoms. The first-order valence-corrected chi connectivity index (χ1v) is 11.6. The quantitative estimate of drug-likeness (QED) is 0.571. The molecule has 28 heavy (non-hydrogen) atoms. The molecule has 1 saturated heterocycles. The first kappa shape index (κ1) is 19.4. The number of rotatable bonds is 5. The molecular weight excluding hydrogens is 389 g/mol. The fourth-order valence-electron chi connectivity index (χ4n) is 3.84. The summed E-state index contributed by atoms with van der Waals surface area (Å²) in [6, 6.07) is 27.5. The first-order valence-electron chi connectivity index (χ1n) is 9.48. The van der Waals surface area contributed by atoms with Crippen molar-refractivity contribution < 1.29 is 9.30 Å². The van der Waals surface area contributed by atoms with Gasteiger partial charge < -0.3 is 9.30 Å². The molecule has 1 aliphatic rings. The van der Waals surface area contributed by atoms with E-state index < -0.39 is 7.14 Å². The Morgan fingerprint density at radius 3 is 1.79 bits per heavy atom. The van der Waals surface area contributed by atoms with Crippen LogP contribution in [-0.2, 0) is 9.30 Å². The summed E-state index contributed by atoms with van der Waals surface area (Å²) in [6.45, 7) is 2.79. The highest BCUT2D eigenvalue weighted by Gasteiger charge is 2.41. The Bertz CT molecular complexity index is 898. The van der Waals surface area contributed by atoms with Gasteiger partial charge >= 0.3 is 0 Å². The molecule has 0 aromatic heterocycles. The van der Waals surface area contributed by atoms with Crippen LogP contribution < -0.4 is 10.6 Å². The van der Waals surface area contributed by atoms with Gasteiger partial charge in [-0.25, -0.2) is 0 Å². The fourth-order valence-corrected chi connectivity index (χ4v) is 7.34. The largest absolute Gasteiger partial charge is 0.379 e. The third-order valence-electron chi connectivity index (χ3n) is 5.18. The lowest BCUT2D eigenvalue weighted by Gasteiger charge is -2.39. The van der Waals surface area contributed by atoms with E-state index in [1.54, 1.807) is 0 Å². The minimum Gasteiger partial charge on any atom is -0.379 e. The van der Waals surface area contributed by atoms with Crippen LogP contribution in [0.5, 0.6) is 0 Å². The Hall–Kier alpha value is -1.90. The summed E-state index contributed by atoms with van der Waals surface area (Å²) >= 11 is 6.15. The van der Waals surface area contributed by atoms with E-state index in [0.29, 0.717) is 18.2 Å². The van der Waals surface area contributed by atoms with Gasteiger partial charge in [-0.3, -0.25) is 4.90 Å². The van der Waals surface area contributed by atoms with Gasteiger partial charge in [0, 0.05) is 28.7 Å². The average Bonchev–Trinajstić information content (AvgIpc) is 2.77. The van der Waals surface area contributed by atoms with Crippen molar-refractivity contribution in [3.8, 4) is 0 Å². The number of morpholine rings is 1. The van der Waals surface area contributed by atoms with Crippen molar-refractivity contribution in [2.75, 3.05) is 26.3 Å². The summed E-state index contributed by atoms with van der Waals surface area (Å²) in [6.07, 6.45) is 0. The summed E-state index contributed by atoms with van der Waals surface area (Å²) < 4.78 is 20.6. The van der Waals surface area contributed by atoms with Crippen LogP contribution in [0.15, 0.2) is 84.9 Å². The molecule has 5 heteroatoms. The van der Waals surface area contributed by atoms with Crippen LogP contribution in [0.4, 0.5) is 0 Å². The molecule has 3 nitrogen and oxygen atoms in total. The van der Waals surface area contributed by atoms with Crippen molar-refractivity contribution in [1.29, 1.82) is 0 Å². The number of hydrogen-bond acceptors (Lipinski definition) is 3. The fraction of sp³-hybridized carbons (Fsp3) is 0.217. The van der Waals surface area contributed by atoms with Crippen LogP contribution in [0.1, 0.15) is 11.3 Å². The van der Waals surface area contributed by atoms with Crippen molar-refractivity contribution in [2.45, 2.75) is 5.78 Å². The van der Waals surface area contributed by atoms with Gasteiger partial charge in [-0.2, -0.15) is 0 Å². The molecule has 0 N–H and O–H groups in total. The number of benzene rings is 3. The zero-order valence-electron chi connectivity index (χ0n) is 15.6. The van der Waals surface area contributed by atoms with Crippen LogP contribution in [0.3, 0.4) is 0 Å². The van der Waals surface area contributed by atoms with E-state index in [4.69, 9.17) is 16.3 Å². The van der Waals surface area contributed by atoms with E-state index in [1.165, 1.54) is 0 Å². The monoisotopic (exact) mass is 411 g/mol. The van der Waals surface area contributed by atoms with Crippen LogP contribution in [0.2, 0.25) is 5.02 Å². The molecule has 3 aromatic rings. The second kappa shape index (κ2) is 8.63. The molecule has 1 heterocycles. The lowest BCUT2D eigenvalue weighted by atomic mass is 10.2. The summed E-state index contributed by atoms with van der Waals surface area (Å²) in [7, 11) is -3.01. The van der Waals surface area contributed by atoms with E-state index in [9.17, 15) is 4.57 Å². The van der Waals surface area contributed by atoms with Crippen LogP contribution in [-0.4, -0.2) is 31.2 Å². The number of ether oxygens (including phenoxy) is 1. The summed E-state index contributed by atoms with van der Waals surface area (Å²) in [5.41, 5.74) is 1.02. The predicted molar refractivity (Wildman–Crippen MR) is 116 cm³/mol. The SMILES string of the molecule is O=P(c1ccccc1)(c1ccccc1)C(c1ccc(Cl)cc1)N1CCOCC1. The highest BCUT2D eigenvalue weighted by molar-refractivity contribution is 7.78. The van der Waals surface area contributed by atoms with Gasteiger partial charge in [-0.05, 0) is 17.7 Å². The van der Waals surface area contributed by atoms with E-state index in [0.717, 1.165) is 29.3 Å². The van der Waals surface area contributed by atoms with Gasteiger partial charge in [-0.1, -0.05) is 84.4 Å². The lowest BCUT2D eigenvalue weighted by molar-refractivity contribution is 0.0308. The van der Waals surface area contributed by atoms with Gasteiger partial charge in [0.2, 0.25) is 0 Å². The van der Waals surface area contributed by atoms with E-state index in [2.05, 4.69) is 4.90 Å². The number of hydrogen-bond donors (Lipinski definition) is 0. The Morgan fingerprint density at radius 1 is 0.786 bits per heavy atom. The zero-order chi connectivity index (χ0) is 19.4. The van der Waals surface area contributed by atoms with Crippen molar-refractivity contribution >= 4 is 29.4 Å². The minimum atomic E-state index is -3.01. The van der Waals surface area contributed by atoms with Crippen LogP contribution >= 0.6 is 18.7 Å². The Morgan fingerprint density at radius 2 is 1.29 bits per heavy atom. The molecule has 4 rings (SSSR count). The van der Waals surface area contributed by atoms with Crippen molar-refractivity contribution in [1.82, 2.24) is 4.90 Å². The first-order chi connectivity index (χ1) is 13.7. The Kier molecular flexibility index (Phi) is 5.99. The molecule has 0 aliphatic carbocycles. The van der Waals surface area contributed by atoms with Gasteiger partial charge in [0.15, 0.2) is 7.14 Å². The third kappa shape index (κ3) is 3.81. The smallest absolute Gasteiger partial charge is 0.163 e. The molecule has 0 radical (unpaired) electrons. The molecule has 3 aromatic carbocycles. The highest BCUT2D eigenvalue weighted by Crippen LogP contribution is 2.58. The molecular formula is C23H23ClNO2P. The molecule has 1 atom stereocenters. The summed E-state index contributed by atoms with van der Waals surface area (Å²) in [5, 5.41) is 2.42. The maximum absolute atomic E-state index is 15.0. The van der Waals surface area contributed by atoms with E-state index >= 15 is 0 Å². The van der Waals surface area contributed by atoms with Gasteiger partial charge in [0.25, 0.3) is 0 Å². The molecule has 1 unspecified atom stereocenters. The maximum atomic E-state index is 15.0. The standard InChI is InChI=1S/C23H23ClNO2P/c24-20-13-11-19(12-14-20)23(25-15-17-27-18-16-25)28(26,21-7-3-1-4-8-21)22-9-5-2-6-10-22/h1-14,23H,15-18H2. The topological polar surface area (TPSA) is 29.5 Å². The second-order valence-corrected chi connectivity index (χ2v) is 10.2. The Balaban J connectivity index is 1.93. The molecule has 1 fully saturated rings. The maximum Gasteiger partial charge on any atom is 0.163 e. The molecule has 0 saturated carbocycles. The van der Waals surface area contributed by atoms with Crippen molar-refractivity contribution in [3.05, 3.63) is 95.5 Å². The van der Waals surface area contributed by atoms with Gasteiger partial charge in [0.1, 0.15) is 0 Å². The predicted octanol–water partition coefficient (Wildman–Crippen LogP) is 4.68. The normalized spacial score (nSPS) is 16.6. The van der Waals surface area contributed by atoms with Crippen LogP contribution in [0.25, 0.3) is 0 Å².